The lowest BCUT2D eigenvalue weighted by Gasteiger charge is -2.20. The topological polar surface area (TPSA) is 209 Å². The van der Waals surface area contributed by atoms with Gasteiger partial charge in [0.25, 0.3) is 0 Å². The van der Waals surface area contributed by atoms with E-state index < -0.39 is 64.0 Å². The first-order chi connectivity index (χ1) is 17.8. The van der Waals surface area contributed by atoms with Crippen molar-refractivity contribution >= 4 is 43.5 Å². The molecule has 3 aromatic rings. The average molecular weight is 596 g/mol. The van der Waals surface area contributed by atoms with Crippen LogP contribution in [-0.2, 0) is 18.4 Å². The van der Waals surface area contributed by atoms with Gasteiger partial charge in [-0.2, -0.15) is 10.6 Å². The molecule has 0 radical (unpaired) electrons. The van der Waals surface area contributed by atoms with E-state index in [1.54, 1.807) is 25.1 Å². The fraction of sp³-hybridized carbons (Fsp3) is 0.400. The lowest BCUT2D eigenvalue weighted by Crippen LogP contribution is -2.42. The first-order valence-corrected chi connectivity index (χ1v) is 15.0. The number of hydroxylamine groups is 1. The molecule has 0 saturated carbocycles. The molecule has 0 bridgehead atoms. The van der Waals surface area contributed by atoms with E-state index in [4.69, 9.17) is 30.6 Å². The molecule has 2 aromatic heterocycles. The summed E-state index contributed by atoms with van der Waals surface area (Å²) in [6.45, 7) is 1.02. The Morgan fingerprint density at radius 3 is 2.66 bits per heavy atom. The van der Waals surface area contributed by atoms with Crippen LogP contribution in [0.3, 0.4) is 0 Å². The Kier molecular flexibility index (Phi) is 8.58. The van der Waals surface area contributed by atoms with Crippen LogP contribution in [0.25, 0.3) is 11.0 Å². The van der Waals surface area contributed by atoms with Crippen LogP contribution in [0.2, 0.25) is 5.15 Å². The van der Waals surface area contributed by atoms with E-state index in [2.05, 4.69) is 15.4 Å². The van der Waals surface area contributed by atoms with Crippen molar-refractivity contribution in [3.63, 3.8) is 0 Å². The van der Waals surface area contributed by atoms with Crippen LogP contribution < -0.4 is 10.8 Å². The zero-order chi connectivity index (χ0) is 27.8. The Balaban J connectivity index is 1.59. The van der Waals surface area contributed by atoms with Crippen LogP contribution in [0.4, 0.5) is 10.1 Å². The molecule has 6 atom stereocenters. The minimum absolute atomic E-state index is 0.0491. The maximum atomic E-state index is 14.3. The smallest absolute Gasteiger partial charge is 0.340 e. The van der Waals surface area contributed by atoms with E-state index >= 15 is 0 Å². The maximum absolute atomic E-state index is 14.3. The molecule has 18 heteroatoms. The lowest BCUT2D eigenvalue weighted by atomic mass is 10.1. The quantitative estimate of drug-likeness (QED) is 0.102. The number of nitrogens with one attached hydrogen (secondary N) is 2. The largest absolute Gasteiger partial charge is 0.388 e. The second-order valence-electron chi connectivity index (χ2n) is 8.66. The Labute approximate surface area is 220 Å². The summed E-state index contributed by atoms with van der Waals surface area (Å²) in [4.78, 5) is 31.9. The zero-order valence-electron chi connectivity index (χ0n) is 19.6. The third kappa shape index (κ3) is 6.41. The summed E-state index contributed by atoms with van der Waals surface area (Å²) in [5, 5.41) is 28.2. The first-order valence-electron chi connectivity index (χ1n) is 11.1. The molecule has 1 unspecified atom stereocenters. The fourth-order valence-corrected chi connectivity index (χ4v) is 6.88. The second kappa shape index (κ2) is 11.2. The van der Waals surface area contributed by atoms with Crippen LogP contribution in [-0.4, -0.2) is 70.5 Å². The summed E-state index contributed by atoms with van der Waals surface area (Å²) in [6.07, 6.45) is -2.61. The predicted molar refractivity (Wildman–Crippen MR) is 132 cm³/mol. The highest BCUT2D eigenvalue weighted by Crippen LogP contribution is 2.55. The van der Waals surface area contributed by atoms with Gasteiger partial charge in [0.2, 0.25) is 0 Å². The van der Waals surface area contributed by atoms with Gasteiger partial charge >= 0.3 is 15.2 Å². The lowest BCUT2D eigenvalue weighted by molar-refractivity contribution is -0.0482. The molecular formula is C20H25ClFN5O9P2. The van der Waals surface area contributed by atoms with Crippen molar-refractivity contribution in [2.45, 2.75) is 37.4 Å². The number of anilines is 1. The van der Waals surface area contributed by atoms with Crippen LogP contribution in [0, 0.1) is 5.82 Å². The molecule has 7 N–H and O–H groups in total. The number of hydrogen-bond acceptors (Lipinski definition) is 10. The molecule has 208 valence electrons. The van der Waals surface area contributed by atoms with E-state index in [0.717, 1.165) is 0 Å². The van der Waals surface area contributed by atoms with Gasteiger partial charge in [-0.3, -0.25) is 9.13 Å². The van der Waals surface area contributed by atoms with E-state index in [1.807, 2.05) is 5.48 Å². The molecule has 1 aliphatic rings. The van der Waals surface area contributed by atoms with Crippen molar-refractivity contribution in [3.8, 4) is 0 Å². The fourth-order valence-electron chi connectivity index (χ4n) is 4.13. The summed E-state index contributed by atoms with van der Waals surface area (Å²) in [7, 11) is -9.58. The Hall–Kier alpha value is -2.00. The normalized spacial score (nSPS) is 24.4. The molecule has 0 amide bonds. The number of rotatable bonds is 10. The SMILES string of the molecule is C[C@H](Nc1cc(Cl)nc2c1cnn2[C@@H]1O[C@H](COP(=O)(O)CP(=O)(O)O)[C@@H](O)[C@H]1NO)c1ccccc1F. The van der Waals surface area contributed by atoms with Crippen molar-refractivity contribution in [1.29, 1.82) is 0 Å². The molecule has 3 heterocycles. The van der Waals surface area contributed by atoms with Gasteiger partial charge in [0.15, 0.2) is 17.8 Å². The van der Waals surface area contributed by atoms with Crippen molar-refractivity contribution in [1.82, 2.24) is 20.2 Å². The third-order valence-electron chi connectivity index (χ3n) is 5.84. The number of ether oxygens (including phenoxy) is 1. The van der Waals surface area contributed by atoms with Gasteiger partial charge in [-0.25, -0.2) is 14.1 Å². The van der Waals surface area contributed by atoms with Crippen molar-refractivity contribution in [2.75, 3.05) is 17.8 Å². The van der Waals surface area contributed by atoms with Gasteiger partial charge < -0.3 is 39.6 Å². The molecule has 1 fully saturated rings. The average Bonchev–Trinajstić information content (AvgIpc) is 3.36. The molecule has 0 aliphatic carbocycles. The van der Waals surface area contributed by atoms with E-state index in [9.17, 15) is 28.7 Å². The number of aliphatic hydroxyl groups is 1. The molecule has 1 saturated heterocycles. The van der Waals surface area contributed by atoms with Crippen molar-refractivity contribution in [3.05, 3.63) is 53.1 Å². The van der Waals surface area contributed by atoms with Gasteiger partial charge in [-0.1, -0.05) is 29.8 Å². The minimum Gasteiger partial charge on any atom is -0.388 e. The van der Waals surface area contributed by atoms with E-state index in [1.165, 1.54) is 23.0 Å². The highest BCUT2D eigenvalue weighted by atomic mass is 35.5. The first kappa shape index (κ1) is 29.0. The third-order valence-corrected chi connectivity index (χ3v) is 9.49. The highest BCUT2D eigenvalue weighted by molar-refractivity contribution is 7.70. The van der Waals surface area contributed by atoms with E-state index in [-0.39, 0.29) is 10.8 Å². The molecule has 1 aromatic carbocycles. The van der Waals surface area contributed by atoms with Gasteiger partial charge in [0.05, 0.1) is 29.9 Å². The van der Waals surface area contributed by atoms with Crippen LogP contribution in [0.5, 0.6) is 0 Å². The summed E-state index contributed by atoms with van der Waals surface area (Å²) < 4.78 is 49.0. The molecule has 4 rings (SSSR count). The van der Waals surface area contributed by atoms with Gasteiger partial charge in [-0.05, 0) is 19.1 Å². The van der Waals surface area contributed by atoms with Crippen molar-refractivity contribution < 1.29 is 47.8 Å². The number of aliphatic hydroxyl groups excluding tert-OH is 1. The number of nitrogens with zero attached hydrogens (tertiary/aromatic N) is 3. The number of halogens is 2. The molecule has 14 nitrogen and oxygen atoms in total. The van der Waals surface area contributed by atoms with Crippen LogP contribution in [0.1, 0.15) is 24.8 Å². The van der Waals surface area contributed by atoms with Crippen molar-refractivity contribution in [2.24, 2.45) is 0 Å². The number of pyridine rings is 1. The molecule has 1 aliphatic heterocycles. The standard InChI is InChI=1S/C20H25ClFN5O9P2/c1-10(11-4-2-3-5-13(11)22)24-14-6-16(21)25-19-12(14)7-23-27(19)20-17(26-29)18(28)15(36-20)8-35-38(33,34)9-37(30,31)32/h2-7,10,15,17-18,20,26,28-29H,8-9H2,1H3,(H,24,25)(H,33,34)(H2,30,31,32)/t10-,15+,17+,18+,20+/m0/s1. The minimum atomic E-state index is -4.86. The number of hydrogen-bond donors (Lipinski definition) is 7. The zero-order valence-corrected chi connectivity index (χ0v) is 22.2. The number of aromatic nitrogens is 3. The van der Waals surface area contributed by atoms with Gasteiger partial charge in [0.1, 0.15) is 29.2 Å². The number of fused-ring (bicyclic) bond motifs is 1. The Bertz CT molecular complexity index is 1410. The van der Waals surface area contributed by atoms with Crippen LogP contribution >= 0.6 is 26.8 Å². The summed E-state index contributed by atoms with van der Waals surface area (Å²) in [5.41, 5.74) is 2.96. The Morgan fingerprint density at radius 2 is 2.00 bits per heavy atom. The monoisotopic (exact) mass is 595 g/mol. The summed E-state index contributed by atoms with van der Waals surface area (Å²) in [6, 6.07) is 6.09. The molecular weight excluding hydrogens is 571 g/mol. The number of benzene rings is 1. The predicted octanol–water partition coefficient (Wildman–Crippen LogP) is 2.34. The van der Waals surface area contributed by atoms with Gasteiger partial charge in [-0.15, -0.1) is 0 Å². The van der Waals surface area contributed by atoms with Gasteiger partial charge in [0, 0.05) is 5.56 Å². The summed E-state index contributed by atoms with van der Waals surface area (Å²) in [5.74, 6) is -1.81. The van der Waals surface area contributed by atoms with Crippen LogP contribution in [0.15, 0.2) is 36.5 Å². The Morgan fingerprint density at radius 1 is 1.29 bits per heavy atom. The highest BCUT2D eigenvalue weighted by Gasteiger charge is 2.47. The van der Waals surface area contributed by atoms with E-state index in [0.29, 0.717) is 16.6 Å². The molecule has 38 heavy (non-hydrogen) atoms. The molecule has 0 spiro atoms. The second-order valence-corrected chi connectivity index (χ2v) is 13.0. The maximum Gasteiger partial charge on any atom is 0.340 e. The summed E-state index contributed by atoms with van der Waals surface area (Å²) >= 11 is 6.24.